The number of anilines is 1. The molecule has 1 saturated heterocycles. The number of benzene rings is 2. The van der Waals surface area contributed by atoms with Crippen molar-refractivity contribution in [3.05, 3.63) is 60.2 Å². The first-order chi connectivity index (χ1) is 15.3. The highest BCUT2D eigenvalue weighted by Crippen LogP contribution is 2.36. The fraction of sp³-hybridized carbons (Fsp3) is 0.520. The summed E-state index contributed by atoms with van der Waals surface area (Å²) in [5.41, 5.74) is 2.16. The molecule has 0 N–H and O–H groups in total. The van der Waals surface area contributed by atoms with Crippen LogP contribution in [0.4, 0.5) is 14.5 Å². The second-order valence-electron chi connectivity index (χ2n) is 9.25. The number of rotatable bonds is 6. The van der Waals surface area contributed by atoms with E-state index in [1.165, 1.54) is 11.8 Å². The summed E-state index contributed by atoms with van der Waals surface area (Å²) in [6, 6.07) is 17.7. The summed E-state index contributed by atoms with van der Waals surface area (Å²) in [6.45, 7) is 3.36. The largest absolute Gasteiger partial charge is 0.368 e. The van der Waals surface area contributed by atoms with Crippen molar-refractivity contribution in [2.45, 2.75) is 43.0 Å². The first kappa shape index (κ1) is 23.2. The van der Waals surface area contributed by atoms with E-state index in [0.717, 1.165) is 44.7 Å². The molecule has 174 valence electrons. The molecule has 0 radical (unpaired) electrons. The maximum Gasteiger partial charge on any atom is 0.241 e. The summed E-state index contributed by atoms with van der Waals surface area (Å²) in [4.78, 5) is 5.10. The van der Waals surface area contributed by atoms with Gasteiger partial charge in [0.2, 0.25) is 6.43 Å². The summed E-state index contributed by atoms with van der Waals surface area (Å²) in [7, 11) is -3.26. The van der Waals surface area contributed by atoms with Gasteiger partial charge in [-0.2, -0.15) is 0 Å². The van der Waals surface area contributed by atoms with Crippen molar-refractivity contribution in [1.82, 2.24) is 4.90 Å². The highest BCUT2D eigenvalue weighted by Gasteiger charge is 2.33. The fourth-order valence-electron chi connectivity index (χ4n) is 5.13. The Morgan fingerprint density at radius 2 is 1.69 bits per heavy atom. The quantitative estimate of drug-likeness (QED) is 0.604. The molecule has 1 aliphatic heterocycles. The molecule has 2 aliphatic rings. The van der Waals surface area contributed by atoms with Crippen molar-refractivity contribution in [2.24, 2.45) is 11.8 Å². The van der Waals surface area contributed by atoms with Gasteiger partial charge in [0.25, 0.3) is 0 Å². The Bertz CT molecular complexity index is 992. The highest BCUT2D eigenvalue weighted by molar-refractivity contribution is 7.90. The van der Waals surface area contributed by atoms with E-state index >= 15 is 0 Å². The van der Waals surface area contributed by atoms with E-state index in [0.29, 0.717) is 23.7 Å². The number of halogens is 2. The lowest BCUT2D eigenvalue weighted by Crippen LogP contribution is -2.50. The minimum atomic E-state index is -3.26. The molecule has 0 unspecified atom stereocenters. The number of hydrogen-bond donors (Lipinski definition) is 0. The van der Waals surface area contributed by atoms with Crippen molar-refractivity contribution >= 4 is 15.5 Å². The zero-order chi connectivity index (χ0) is 22.7. The second kappa shape index (κ2) is 9.87. The molecule has 0 amide bonds. The molecule has 1 atom stereocenters. The lowest BCUT2D eigenvalue weighted by atomic mass is 9.81. The minimum Gasteiger partial charge on any atom is -0.368 e. The third kappa shape index (κ3) is 5.49. The van der Waals surface area contributed by atoms with Crippen molar-refractivity contribution < 1.29 is 17.2 Å². The smallest absolute Gasteiger partial charge is 0.241 e. The first-order valence-electron chi connectivity index (χ1n) is 11.4. The summed E-state index contributed by atoms with van der Waals surface area (Å²) < 4.78 is 50.1. The molecule has 0 aromatic heterocycles. The topological polar surface area (TPSA) is 40.6 Å². The average Bonchev–Trinajstić information content (AvgIpc) is 2.80. The number of sulfone groups is 1. The normalized spacial score (nSPS) is 25.2. The molecular weight excluding hydrogens is 430 g/mol. The SMILES string of the molecule is CS(=O)(=O)c1cccc(N2CCN(CC3CCC(C(F)F)CC3)[C@H](c3ccccc3)C2)c1. The van der Waals surface area contributed by atoms with Crippen molar-refractivity contribution in [2.75, 3.05) is 37.3 Å². The molecule has 2 aromatic carbocycles. The minimum absolute atomic E-state index is 0.180. The molecule has 2 fully saturated rings. The van der Waals surface area contributed by atoms with Crippen LogP contribution in [0.1, 0.15) is 37.3 Å². The molecule has 7 heteroatoms. The van der Waals surface area contributed by atoms with Crippen molar-refractivity contribution in [3.8, 4) is 0 Å². The van der Waals surface area contributed by atoms with Crippen LogP contribution in [-0.2, 0) is 9.84 Å². The second-order valence-corrected chi connectivity index (χ2v) is 11.3. The van der Waals surface area contributed by atoms with E-state index in [9.17, 15) is 17.2 Å². The predicted octanol–water partition coefficient (Wildman–Crippen LogP) is 5.02. The maximum absolute atomic E-state index is 13.0. The van der Waals surface area contributed by atoms with Gasteiger partial charge >= 0.3 is 0 Å². The molecule has 4 nitrogen and oxygen atoms in total. The highest BCUT2D eigenvalue weighted by atomic mass is 32.2. The Hall–Kier alpha value is -1.99. The third-order valence-electron chi connectivity index (χ3n) is 7.03. The summed E-state index contributed by atoms with van der Waals surface area (Å²) in [6.07, 6.45) is 2.02. The number of piperazine rings is 1. The molecule has 0 bridgehead atoms. The van der Waals surface area contributed by atoms with Gasteiger partial charge in [-0.15, -0.1) is 0 Å². The van der Waals surface area contributed by atoms with E-state index in [4.69, 9.17) is 0 Å². The van der Waals surface area contributed by atoms with Crippen LogP contribution in [-0.4, -0.2) is 52.2 Å². The van der Waals surface area contributed by atoms with Gasteiger partial charge in [0.05, 0.1) is 10.9 Å². The van der Waals surface area contributed by atoms with Gasteiger partial charge in [-0.05, 0) is 55.4 Å². The number of hydrogen-bond acceptors (Lipinski definition) is 4. The van der Waals surface area contributed by atoms with E-state index in [1.807, 2.05) is 24.3 Å². The average molecular weight is 463 g/mol. The van der Waals surface area contributed by atoms with Gasteiger partial charge in [-0.1, -0.05) is 36.4 Å². The molecule has 1 aliphatic carbocycles. The van der Waals surface area contributed by atoms with E-state index in [-0.39, 0.29) is 6.04 Å². The lowest BCUT2D eigenvalue weighted by molar-refractivity contribution is 0.0378. The van der Waals surface area contributed by atoms with Crippen molar-refractivity contribution in [3.63, 3.8) is 0 Å². The Kier molecular flexibility index (Phi) is 7.15. The van der Waals surface area contributed by atoms with Gasteiger partial charge in [0.15, 0.2) is 9.84 Å². The third-order valence-corrected chi connectivity index (χ3v) is 8.14. The number of alkyl halides is 2. The zero-order valence-corrected chi connectivity index (χ0v) is 19.4. The van der Waals surface area contributed by atoms with Crippen LogP contribution in [0.15, 0.2) is 59.5 Å². The predicted molar refractivity (Wildman–Crippen MR) is 124 cm³/mol. The van der Waals surface area contributed by atoms with Gasteiger partial charge in [0.1, 0.15) is 0 Å². The molecule has 4 rings (SSSR count). The monoisotopic (exact) mass is 462 g/mol. The summed E-state index contributed by atoms with van der Waals surface area (Å²) in [5, 5.41) is 0. The first-order valence-corrected chi connectivity index (χ1v) is 13.3. The molecule has 1 heterocycles. The zero-order valence-electron chi connectivity index (χ0n) is 18.5. The molecule has 32 heavy (non-hydrogen) atoms. The van der Waals surface area contributed by atoms with Gasteiger partial charge < -0.3 is 4.90 Å². The summed E-state index contributed by atoms with van der Waals surface area (Å²) in [5.74, 6) is 0.0199. The molecule has 2 aromatic rings. The van der Waals surface area contributed by atoms with Crippen molar-refractivity contribution in [1.29, 1.82) is 0 Å². The fourth-order valence-corrected chi connectivity index (χ4v) is 5.79. The van der Waals surface area contributed by atoms with Crippen LogP contribution in [0.2, 0.25) is 0 Å². The van der Waals surface area contributed by atoms with E-state index < -0.39 is 22.2 Å². The van der Waals surface area contributed by atoms with Crippen LogP contribution in [0.3, 0.4) is 0 Å². The Balaban J connectivity index is 1.50. The number of nitrogens with zero attached hydrogens (tertiary/aromatic N) is 2. The Morgan fingerprint density at radius 3 is 2.34 bits per heavy atom. The molecular formula is C25H32F2N2O2S. The van der Waals surface area contributed by atoms with Gasteiger partial charge in [-0.3, -0.25) is 4.90 Å². The Labute approximate surface area is 190 Å². The maximum atomic E-state index is 13.0. The van der Waals surface area contributed by atoms with Crippen LogP contribution in [0.25, 0.3) is 0 Å². The van der Waals surface area contributed by atoms with Gasteiger partial charge in [-0.25, -0.2) is 17.2 Å². The molecule has 1 saturated carbocycles. The van der Waals surface area contributed by atoms with E-state index in [2.05, 4.69) is 21.9 Å². The Morgan fingerprint density at radius 1 is 0.969 bits per heavy atom. The standard InChI is InChI=1S/C25H32F2N2O2S/c1-32(30,31)23-9-5-8-22(16-23)28-14-15-29(24(18-28)20-6-3-2-4-7-20)17-19-10-12-21(13-11-19)25(26)27/h2-9,16,19,21,24-25H,10-15,17-18H2,1H3/t19?,21?,24-/m0/s1. The van der Waals surface area contributed by atoms with Crippen LogP contribution in [0.5, 0.6) is 0 Å². The lowest BCUT2D eigenvalue weighted by Gasteiger charge is -2.44. The van der Waals surface area contributed by atoms with E-state index in [1.54, 1.807) is 18.2 Å². The van der Waals surface area contributed by atoms with Crippen LogP contribution >= 0.6 is 0 Å². The summed E-state index contributed by atoms with van der Waals surface area (Å²) >= 11 is 0. The van der Waals surface area contributed by atoms with Gasteiger partial charge in [0, 0.05) is 44.0 Å². The van der Waals surface area contributed by atoms with Crippen LogP contribution in [0, 0.1) is 11.8 Å². The molecule has 0 spiro atoms. The van der Waals surface area contributed by atoms with Crippen LogP contribution < -0.4 is 4.90 Å².